The predicted molar refractivity (Wildman–Crippen MR) is 80.9 cm³/mol. The molecule has 0 spiro atoms. The van der Waals surface area contributed by atoms with E-state index in [4.69, 9.17) is 0 Å². The van der Waals surface area contributed by atoms with Crippen LogP contribution in [0.5, 0.6) is 0 Å². The van der Waals surface area contributed by atoms with Crippen LogP contribution in [0.2, 0.25) is 0 Å². The van der Waals surface area contributed by atoms with Crippen LogP contribution in [0.4, 0.5) is 11.4 Å². The van der Waals surface area contributed by atoms with Crippen molar-refractivity contribution in [3.8, 4) is 0 Å². The smallest absolute Gasteiger partial charge is 0.224 e. The number of carbonyl (C=O) groups excluding carboxylic acids is 2. The van der Waals surface area contributed by atoms with Crippen molar-refractivity contribution in [3.05, 3.63) is 23.8 Å². The van der Waals surface area contributed by atoms with Gasteiger partial charge in [-0.3, -0.25) is 9.59 Å². The Hall–Kier alpha value is -1.84. The summed E-state index contributed by atoms with van der Waals surface area (Å²) in [7, 11) is 0. The molecule has 108 valence electrons. The molecule has 0 aliphatic carbocycles. The molecule has 1 aromatic rings. The standard InChI is InChI=1S/C16H22N2O2/c1-11(19)18-8-7-12-9-13(5-6-14(12)18)17-15(20)10-16(2,3)4/h5-6,9H,7-8,10H2,1-4H3,(H,17,20). The molecule has 0 bridgehead atoms. The van der Waals surface area contributed by atoms with Gasteiger partial charge >= 0.3 is 0 Å². The summed E-state index contributed by atoms with van der Waals surface area (Å²) in [4.78, 5) is 25.2. The molecule has 1 heterocycles. The van der Waals surface area contributed by atoms with Crippen LogP contribution in [0.15, 0.2) is 18.2 Å². The zero-order valence-corrected chi connectivity index (χ0v) is 12.6. The van der Waals surface area contributed by atoms with Crippen LogP contribution in [0.3, 0.4) is 0 Å². The highest BCUT2D eigenvalue weighted by atomic mass is 16.2. The minimum absolute atomic E-state index is 0.0216. The third kappa shape index (κ3) is 3.38. The van der Waals surface area contributed by atoms with Gasteiger partial charge in [0.05, 0.1) is 0 Å². The Bertz CT molecular complexity index is 544. The van der Waals surface area contributed by atoms with E-state index in [0.29, 0.717) is 6.42 Å². The first-order valence-electron chi connectivity index (χ1n) is 6.97. The number of amides is 2. The average Bonchev–Trinajstić information content (AvgIpc) is 2.68. The van der Waals surface area contributed by atoms with Crippen molar-refractivity contribution in [2.45, 2.75) is 40.5 Å². The molecule has 0 unspecified atom stereocenters. The maximum absolute atomic E-state index is 11.9. The van der Waals surface area contributed by atoms with Crippen LogP contribution >= 0.6 is 0 Å². The number of hydrogen-bond acceptors (Lipinski definition) is 2. The SMILES string of the molecule is CC(=O)N1CCc2cc(NC(=O)CC(C)(C)C)ccc21. The molecule has 0 saturated carbocycles. The fourth-order valence-corrected chi connectivity index (χ4v) is 2.49. The van der Waals surface area contributed by atoms with Gasteiger partial charge in [0.1, 0.15) is 0 Å². The van der Waals surface area contributed by atoms with E-state index < -0.39 is 0 Å². The van der Waals surface area contributed by atoms with Gasteiger partial charge in [-0.25, -0.2) is 0 Å². The Morgan fingerprint density at radius 2 is 2.00 bits per heavy atom. The Kier molecular flexibility index (Phi) is 3.84. The molecule has 0 radical (unpaired) electrons. The first kappa shape index (κ1) is 14.6. The molecular weight excluding hydrogens is 252 g/mol. The topological polar surface area (TPSA) is 49.4 Å². The summed E-state index contributed by atoms with van der Waals surface area (Å²) in [6, 6.07) is 5.75. The first-order chi connectivity index (χ1) is 9.26. The average molecular weight is 274 g/mol. The fourth-order valence-electron chi connectivity index (χ4n) is 2.49. The lowest BCUT2D eigenvalue weighted by molar-refractivity contribution is -0.118. The number of fused-ring (bicyclic) bond motifs is 1. The normalized spacial score (nSPS) is 14.1. The van der Waals surface area contributed by atoms with E-state index in [0.717, 1.165) is 29.9 Å². The monoisotopic (exact) mass is 274 g/mol. The van der Waals surface area contributed by atoms with Crippen LogP contribution in [-0.4, -0.2) is 18.4 Å². The molecular formula is C16H22N2O2. The summed E-state index contributed by atoms with van der Waals surface area (Å²) in [6.45, 7) is 8.43. The lowest BCUT2D eigenvalue weighted by atomic mass is 9.92. The van der Waals surface area contributed by atoms with E-state index in [1.165, 1.54) is 0 Å². The van der Waals surface area contributed by atoms with Gasteiger partial charge in [0.25, 0.3) is 0 Å². The Labute approximate surface area is 120 Å². The number of nitrogens with one attached hydrogen (secondary N) is 1. The second-order valence-corrected chi connectivity index (χ2v) is 6.55. The summed E-state index contributed by atoms with van der Waals surface area (Å²) in [5.41, 5.74) is 2.87. The molecule has 1 aliphatic rings. The summed E-state index contributed by atoms with van der Waals surface area (Å²) in [5.74, 6) is 0.0899. The van der Waals surface area contributed by atoms with E-state index >= 15 is 0 Å². The lowest BCUT2D eigenvalue weighted by Crippen LogP contribution is -2.25. The van der Waals surface area contributed by atoms with E-state index in [1.807, 2.05) is 39.0 Å². The fraction of sp³-hybridized carbons (Fsp3) is 0.500. The first-order valence-corrected chi connectivity index (χ1v) is 6.97. The van der Waals surface area contributed by atoms with Crippen molar-refractivity contribution in [3.63, 3.8) is 0 Å². The summed E-state index contributed by atoms with van der Waals surface area (Å²) < 4.78 is 0. The number of nitrogens with zero attached hydrogens (tertiary/aromatic N) is 1. The third-order valence-electron chi connectivity index (χ3n) is 3.33. The molecule has 1 aromatic carbocycles. The van der Waals surface area contributed by atoms with Gasteiger partial charge in [0.15, 0.2) is 0 Å². The van der Waals surface area contributed by atoms with E-state index in [-0.39, 0.29) is 17.2 Å². The van der Waals surface area contributed by atoms with Crippen molar-refractivity contribution in [1.29, 1.82) is 0 Å². The summed E-state index contributed by atoms with van der Waals surface area (Å²) in [6.07, 6.45) is 1.33. The molecule has 4 nitrogen and oxygen atoms in total. The largest absolute Gasteiger partial charge is 0.326 e. The number of hydrogen-bond donors (Lipinski definition) is 1. The van der Waals surface area contributed by atoms with Gasteiger partial charge in [-0.1, -0.05) is 20.8 Å². The number of carbonyl (C=O) groups is 2. The second kappa shape index (κ2) is 5.27. The number of benzene rings is 1. The molecule has 0 fully saturated rings. The molecule has 1 N–H and O–H groups in total. The molecule has 1 aliphatic heterocycles. The second-order valence-electron chi connectivity index (χ2n) is 6.55. The van der Waals surface area contributed by atoms with Crippen molar-refractivity contribution >= 4 is 23.2 Å². The quantitative estimate of drug-likeness (QED) is 0.901. The number of anilines is 2. The maximum Gasteiger partial charge on any atom is 0.224 e. The van der Waals surface area contributed by atoms with Gasteiger partial charge in [-0.05, 0) is 35.6 Å². The van der Waals surface area contributed by atoms with Crippen molar-refractivity contribution in [2.75, 3.05) is 16.8 Å². The Balaban J connectivity index is 2.10. The molecule has 20 heavy (non-hydrogen) atoms. The highest BCUT2D eigenvalue weighted by molar-refractivity contribution is 5.95. The van der Waals surface area contributed by atoms with Gasteiger partial charge in [0, 0.05) is 31.3 Å². The lowest BCUT2D eigenvalue weighted by Gasteiger charge is -2.18. The summed E-state index contributed by atoms with van der Waals surface area (Å²) >= 11 is 0. The van der Waals surface area contributed by atoms with Gasteiger partial charge in [-0.15, -0.1) is 0 Å². The molecule has 0 atom stereocenters. The zero-order valence-electron chi connectivity index (χ0n) is 12.6. The van der Waals surface area contributed by atoms with Crippen LogP contribution in [0, 0.1) is 5.41 Å². The van der Waals surface area contributed by atoms with Gasteiger partial charge < -0.3 is 10.2 Å². The zero-order chi connectivity index (χ0) is 14.9. The Morgan fingerprint density at radius 1 is 1.30 bits per heavy atom. The number of rotatable bonds is 2. The van der Waals surface area contributed by atoms with Gasteiger partial charge in [-0.2, -0.15) is 0 Å². The van der Waals surface area contributed by atoms with Crippen LogP contribution < -0.4 is 10.2 Å². The minimum Gasteiger partial charge on any atom is -0.326 e. The van der Waals surface area contributed by atoms with Crippen molar-refractivity contribution in [2.24, 2.45) is 5.41 Å². The predicted octanol–water partition coefficient (Wildman–Crippen LogP) is 2.97. The van der Waals surface area contributed by atoms with Crippen molar-refractivity contribution in [1.82, 2.24) is 0 Å². The van der Waals surface area contributed by atoms with Crippen molar-refractivity contribution < 1.29 is 9.59 Å². The highest BCUT2D eigenvalue weighted by Crippen LogP contribution is 2.30. The van der Waals surface area contributed by atoms with E-state index in [2.05, 4.69) is 5.32 Å². The summed E-state index contributed by atoms with van der Waals surface area (Å²) in [5, 5.41) is 2.93. The molecule has 0 saturated heterocycles. The van der Waals surface area contributed by atoms with Gasteiger partial charge in [0.2, 0.25) is 11.8 Å². The van der Waals surface area contributed by atoms with E-state index in [9.17, 15) is 9.59 Å². The minimum atomic E-state index is -0.0216. The maximum atomic E-state index is 11.9. The van der Waals surface area contributed by atoms with Crippen LogP contribution in [0.1, 0.15) is 39.7 Å². The molecule has 0 aromatic heterocycles. The van der Waals surface area contributed by atoms with E-state index in [1.54, 1.807) is 11.8 Å². The molecule has 4 heteroatoms. The Morgan fingerprint density at radius 3 is 2.60 bits per heavy atom. The third-order valence-corrected chi connectivity index (χ3v) is 3.33. The molecule has 2 amide bonds. The molecule has 2 rings (SSSR count). The highest BCUT2D eigenvalue weighted by Gasteiger charge is 2.22. The van der Waals surface area contributed by atoms with Crippen LogP contribution in [0.25, 0.3) is 0 Å². The van der Waals surface area contributed by atoms with Crippen LogP contribution in [-0.2, 0) is 16.0 Å².